The van der Waals surface area contributed by atoms with Crippen LogP contribution in [-0.2, 0) is 11.2 Å². The average Bonchev–Trinajstić information content (AvgIpc) is 2.74. The van der Waals surface area contributed by atoms with Crippen molar-refractivity contribution in [1.29, 1.82) is 0 Å². The molecule has 3 rings (SSSR count). The summed E-state index contributed by atoms with van der Waals surface area (Å²) in [7, 11) is 0. The molecule has 2 aromatic rings. The Morgan fingerprint density at radius 3 is 2.57 bits per heavy atom. The number of nitrogens with one attached hydrogen (secondary N) is 1. The van der Waals surface area contributed by atoms with Gasteiger partial charge in [-0.1, -0.05) is 29.8 Å². The van der Waals surface area contributed by atoms with Crippen LogP contribution in [0.15, 0.2) is 42.5 Å². The molecule has 0 spiro atoms. The largest absolute Gasteiger partial charge is 0.356 e. The first-order chi connectivity index (χ1) is 14.4. The minimum Gasteiger partial charge on any atom is -0.356 e. The smallest absolute Gasteiger partial charge is 0.288 e. The third-order valence-electron chi connectivity index (χ3n) is 5.19. The molecule has 1 N–H and O–H groups in total. The fourth-order valence-corrected chi connectivity index (χ4v) is 3.67. The van der Waals surface area contributed by atoms with Crippen molar-refractivity contribution in [3.05, 3.63) is 74.5 Å². The van der Waals surface area contributed by atoms with Crippen molar-refractivity contribution in [2.45, 2.75) is 19.3 Å². The van der Waals surface area contributed by atoms with Crippen LogP contribution in [0.1, 0.15) is 28.8 Å². The second kappa shape index (κ2) is 9.67. The van der Waals surface area contributed by atoms with Crippen LogP contribution in [-0.4, -0.2) is 41.3 Å². The summed E-state index contributed by atoms with van der Waals surface area (Å²) in [4.78, 5) is 37.0. The first-order valence-corrected chi connectivity index (χ1v) is 9.99. The van der Waals surface area contributed by atoms with Crippen LogP contribution in [0.25, 0.3) is 0 Å². The maximum absolute atomic E-state index is 13.6. The molecule has 2 aromatic carbocycles. The normalized spacial score (nSPS) is 14.4. The maximum Gasteiger partial charge on any atom is 0.288 e. The van der Waals surface area contributed by atoms with E-state index in [1.165, 1.54) is 24.3 Å². The van der Waals surface area contributed by atoms with Gasteiger partial charge in [0, 0.05) is 37.2 Å². The molecule has 0 aromatic heterocycles. The van der Waals surface area contributed by atoms with Gasteiger partial charge in [-0.2, -0.15) is 0 Å². The van der Waals surface area contributed by atoms with Crippen LogP contribution in [0.2, 0.25) is 5.02 Å². The second-order valence-corrected chi connectivity index (χ2v) is 7.53. The number of nitro benzene ring substituents is 1. The predicted octanol–water partition coefficient (Wildman–Crippen LogP) is 3.60. The number of benzene rings is 2. The van der Waals surface area contributed by atoms with Crippen molar-refractivity contribution in [2.24, 2.45) is 5.92 Å². The highest BCUT2D eigenvalue weighted by atomic mass is 35.5. The van der Waals surface area contributed by atoms with Gasteiger partial charge < -0.3 is 10.2 Å². The summed E-state index contributed by atoms with van der Waals surface area (Å²) in [5.74, 6) is -0.955. The lowest BCUT2D eigenvalue weighted by molar-refractivity contribution is -0.384. The van der Waals surface area contributed by atoms with Crippen molar-refractivity contribution < 1.29 is 18.9 Å². The Kier molecular flexibility index (Phi) is 6.99. The Labute approximate surface area is 178 Å². The Morgan fingerprint density at radius 1 is 1.20 bits per heavy atom. The topological polar surface area (TPSA) is 92.6 Å². The minimum absolute atomic E-state index is 0.0256. The molecule has 0 aliphatic carbocycles. The number of hydrogen-bond acceptors (Lipinski definition) is 4. The first-order valence-electron chi connectivity index (χ1n) is 9.61. The van der Waals surface area contributed by atoms with Crippen molar-refractivity contribution in [2.75, 3.05) is 19.6 Å². The highest BCUT2D eigenvalue weighted by molar-refractivity contribution is 6.32. The van der Waals surface area contributed by atoms with E-state index in [0.29, 0.717) is 44.5 Å². The third kappa shape index (κ3) is 5.13. The van der Waals surface area contributed by atoms with E-state index in [0.717, 1.165) is 0 Å². The molecule has 0 saturated carbocycles. The molecule has 7 nitrogen and oxygen atoms in total. The summed E-state index contributed by atoms with van der Waals surface area (Å²) in [6.07, 6.45) is 1.39. The van der Waals surface area contributed by atoms with Crippen LogP contribution in [0, 0.1) is 21.8 Å². The third-order valence-corrected chi connectivity index (χ3v) is 5.51. The number of rotatable bonds is 6. The lowest BCUT2D eigenvalue weighted by Gasteiger charge is -2.31. The van der Waals surface area contributed by atoms with Crippen LogP contribution >= 0.6 is 11.6 Å². The Hall–Kier alpha value is -3.00. The van der Waals surface area contributed by atoms with Gasteiger partial charge in [-0.05, 0) is 43.0 Å². The number of hydrogen-bond donors (Lipinski definition) is 1. The van der Waals surface area contributed by atoms with E-state index >= 15 is 0 Å². The molecule has 9 heteroatoms. The molecule has 1 fully saturated rings. The lowest BCUT2D eigenvalue weighted by Crippen LogP contribution is -2.43. The van der Waals surface area contributed by atoms with Gasteiger partial charge in [0.2, 0.25) is 5.91 Å². The maximum atomic E-state index is 13.6. The molecule has 1 heterocycles. The minimum atomic E-state index is -0.628. The van der Waals surface area contributed by atoms with E-state index in [1.807, 2.05) is 0 Å². The molecule has 0 unspecified atom stereocenters. The monoisotopic (exact) mass is 433 g/mol. The zero-order valence-corrected chi connectivity index (χ0v) is 16.9. The molecular weight excluding hydrogens is 413 g/mol. The number of nitrogens with zero attached hydrogens (tertiary/aromatic N) is 2. The molecule has 1 saturated heterocycles. The zero-order chi connectivity index (χ0) is 21.7. The van der Waals surface area contributed by atoms with Crippen LogP contribution in [0.3, 0.4) is 0 Å². The highest BCUT2D eigenvalue weighted by Crippen LogP contribution is 2.27. The number of halogens is 2. The van der Waals surface area contributed by atoms with E-state index in [9.17, 15) is 24.1 Å². The quantitative estimate of drug-likeness (QED) is 0.556. The Morgan fingerprint density at radius 2 is 1.90 bits per heavy atom. The summed E-state index contributed by atoms with van der Waals surface area (Å²) in [5, 5.41) is 13.8. The second-order valence-electron chi connectivity index (χ2n) is 7.12. The molecule has 158 valence electrons. The SMILES string of the molecule is O=C(NCCc1ccccc1F)C1CCN(C(=O)c2ccc(Cl)c([N+](=O)[O-])c2)CC1. The first kappa shape index (κ1) is 21.7. The molecule has 0 radical (unpaired) electrons. The van der Waals surface area contributed by atoms with Gasteiger partial charge in [0.05, 0.1) is 4.92 Å². The van der Waals surface area contributed by atoms with Gasteiger partial charge in [-0.3, -0.25) is 19.7 Å². The van der Waals surface area contributed by atoms with Gasteiger partial charge in [-0.25, -0.2) is 4.39 Å². The summed E-state index contributed by atoms with van der Waals surface area (Å²) in [6.45, 7) is 1.09. The Bertz CT molecular complexity index is 961. The summed E-state index contributed by atoms with van der Waals surface area (Å²) in [6, 6.07) is 10.4. The van der Waals surface area contributed by atoms with E-state index in [4.69, 9.17) is 11.6 Å². The molecule has 2 amide bonds. The van der Waals surface area contributed by atoms with Gasteiger partial charge in [0.25, 0.3) is 11.6 Å². The zero-order valence-electron chi connectivity index (χ0n) is 16.1. The van der Waals surface area contributed by atoms with Gasteiger partial charge in [0.15, 0.2) is 0 Å². The molecule has 1 aliphatic heterocycles. The Balaban J connectivity index is 1.50. The van der Waals surface area contributed by atoms with Crippen LogP contribution < -0.4 is 5.32 Å². The number of piperidine rings is 1. The standard InChI is InChI=1S/C21H21ClFN3O4/c22-17-6-5-16(13-19(17)26(29)30)21(28)25-11-8-15(9-12-25)20(27)24-10-7-14-3-1-2-4-18(14)23/h1-6,13,15H,7-12H2,(H,24,27). The predicted molar refractivity (Wildman–Crippen MR) is 110 cm³/mol. The van der Waals surface area contributed by atoms with Crippen molar-refractivity contribution >= 4 is 29.1 Å². The summed E-state index contributed by atoms with van der Waals surface area (Å²) >= 11 is 5.79. The fraction of sp³-hybridized carbons (Fsp3) is 0.333. The average molecular weight is 434 g/mol. The number of nitro groups is 1. The van der Waals surface area contributed by atoms with Crippen LogP contribution in [0.4, 0.5) is 10.1 Å². The van der Waals surface area contributed by atoms with Gasteiger partial charge in [0.1, 0.15) is 10.8 Å². The molecule has 0 bridgehead atoms. The van der Waals surface area contributed by atoms with Gasteiger partial charge in [-0.15, -0.1) is 0 Å². The lowest BCUT2D eigenvalue weighted by atomic mass is 9.95. The molecule has 0 atom stereocenters. The summed E-state index contributed by atoms with van der Waals surface area (Å²) in [5.41, 5.74) is 0.431. The van der Waals surface area contributed by atoms with Crippen molar-refractivity contribution in [3.63, 3.8) is 0 Å². The molecular formula is C21H21ClFN3O4. The van der Waals surface area contributed by atoms with Crippen molar-refractivity contribution in [3.8, 4) is 0 Å². The number of carbonyl (C=O) groups excluding carboxylic acids is 2. The molecule has 1 aliphatic rings. The van der Waals surface area contributed by atoms with Gasteiger partial charge >= 0.3 is 0 Å². The summed E-state index contributed by atoms with van der Waals surface area (Å²) < 4.78 is 13.6. The van der Waals surface area contributed by atoms with E-state index in [-0.39, 0.29) is 39.8 Å². The van der Waals surface area contributed by atoms with E-state index in [2.05, 4.69) is 5.32 Å². The fourth-order valence-electron chi connectivity index (χ4n) is 3.48. The van der Waals surface area contributed by atoms with E-state index < -0.39 is 4.92 Å². The van der Waals surface area contributed by atoms with E-state index in [1.54, 1.807) is 23.1 Å². The highest BCUT2D eigenvalue weighted by Gasteiger charge is 2.28. The molecule has 30 heavy (non-hydrogen) atoms. The van der Waals surface area contributed by atoms with Crippen molar-refractivity contribution in [1.82, 2.24) is 10.2 Å². The van der Waals surface area contributed by atoms with Crippen LogP contribution in [0.5, 0.6) is 0 Å². The number of likely N-dealkylation sites (tertiary alicyclic amines) is 1. The number of carbonyl (C=O) groups is 2. The number of amides is 2.